The molecule has 0 spiro atoms. The molecule has 1 aromatic rings. The third-order valence-electron chi connectivity index (χ3n) is 3.27. The summed E-state index contributed by atoms with van der Waals surface area (Å²) in [5.41, 5.74) is 2.20. The van der Waals surface area contributed by atoms with Crippen LogP contribution in [0.5, 0.6) is 0 Å². The SMILES string of the molecule is CCCS(=O)(=O)C(C)C(NC)c1ccc(C)cc1. The summed E-state index contributed by atoms with van der Waals surface area (Å²) in [6, 6.07) is 7.86. The summed E-state index contributed by atoms with van der Waals surface area (Å²) >= 11 is 0. The van der Waals surface area contributed by atoms with Crippen molar-refractivity contribution in [3.8, 4) is 0 Å². The molecule has 0 fully saturated rings. The van der Waals surface area contributed by atoms with E-state index >= 15 is 0 Å². The lowest BCUT2D eigenvalue weighted by Crippen LogP contribution is -2.34. The van der Waals surface area contributed by atoms with E-state index < -0.39 is 15.1 Å². The minimum absolute atomic E-state index is 0.151. The highest BCUT2D eigenvalue weighted by atomic mass is 32.2. The van der Waals surface area contributed by atoms with E-state index in [0.29, 0.717) is 6.42 Å². The monoisotopic (exact) mass is 269 g/mol. The predicted octanol–water partition coefficient (Wildman–Crippen LogP) is 2.47. The zero-order valence-electron chi connectivity index (χ0n) is 11.6. The van der Waals surface area contributed by atoms with Crippen molar-refractivity contribution in [2.24, 2.45) is 0 Å². The molecule has 0 aromatic heterocycles. The van der Waals surface area contributed by atoms with Crippen LogP contribution >= 0.6 is 0 Å². The second-order valence-corrected chi connectivity index (χ2v) is 7.23. The molecule has 0 aliphatic carbocycles. The average Bonchev–Trinajstić information content (AvgIpc) is 2.32. The maximum absolute atomic E-state index is 12.1. The lowest BCUT2D eigenvalue weighted by atomic mass is 10.0. The smallest absolute Gasteiger partial charge is 0.154 e. The summed E-state index contributed by atoms with van der Waals surface area (Å²) in [7, 11) is -1.23. The number of benzene rings is 1. The van der Waals surface area contributed by atoms with Crippen molar-refractivity contribution >= 4 is 9.84 Å². The van der Waals surface area contributed by atoms with Gasteiger partial charge in [0.25, 0.3) is 0 Å². The molecular formula is C14H23NO2S. The van der Waals surface area contributed by atoms with Crippen molar-refractivity contribution in [2.75, 3.05) is 12.8 Å². The number of rotatable bonds is 6. The van der Waals surface area contributed by atoms with E-state index in [1.165, 1.54) is 5.56 Å². The minimum Gasteiger partial charge on any atom is -0.312 e. The molecule has 102 valence electrons. The van der Waals surface area contributed by atoms with E-state index in [9.17, 15) is 8.42 Å². The van der Waals surface area contributed by atoms with Crippen molar-refractivity contribution in [3.63, 3.8) is 0 Å². The van der Waals surface area contributed by atoms with Crippen molar-refractivity contribution in [1.82, 2.24) is 5.32 Å². The van der Waals surface area contributed by atoms with Gasteiger partial charge in [-0.2, -0.15) is 0 Å². The van der Waals surface area contributed by atoms with Gasteiger partial charge in [0.2, 0.25) is 0 Å². The number of sulfone groups is 1. The first-order chi connectivity index (χ1) is 8.42. The van der Waals surface area contributed by atoms with Crippen molar-refractivity contribution < 1.29 is 8.42 Å². The van der Waals surface area contributed by atoms with Crippen LogP contribution in [0.3, 0.4) is 0 Å². The molecule has 0 aliphatic heterocycles. The molecule has 1 rings (SSSR count). The molecule has 0 saturated heterocycles. The third kappa shape index (κ3) is 3.56. The van der Waals surface area contributed by atoms with E-state index in [4.69, 9.17) is 0 Å². The molecule has 0 radical (unpaired) electrons. The Labute approximate surface area is 111 Å². The van der Waals surface area contributed by atoms with Gasteiger partial charge in [-0.05, 0) is 32.9 Å². The molecule has 2 unspecified atom stereocenters. The van der Waals surface area contributed by atoms with E-state index in [2.05, 4.69) is 5.32 Å². The summed E-state index contributed by atoms with van der Waals surface area (Å²) in [6.45, 7) is 5.70. The number of hydrogen-bond donors (Lipinski definition) is 1. The number of nitrogens with one attached hydrogen (secondary N) is 1. The van der Waals surface area contributed by atoms with Crippen molar-refractivity contribution in [3.05, 3.63) is 35.4 Å². The quantitative estimate of drug-likeness (QED) is 0.863. The van der Waals surface area contributed by atoms with Crippen molar-refractivity contribution in [2.45, 2.75) is 38.5 Å². The molecule has 1 N–H and O–H groups in total. The zero-order valence-corrected chi connectivity index (χ0v) is 12.4. The molecule has 4 heteroatoms. The van der Waals surface area contributed by atoms with Gasteiger partial charge in [0.15, 0.2) is 9.84 Å². The Morgan fingerprint density at radius 3 is 2.22 bits per heavy atom. The average molecular weight is 269 g/mol. The van der Waals surface area contributed by atoms with Crippen LogP contribution in [0, 0.1) is 6.92 Å². The van der Waals surface area contributed by atoms with Gasteiger partial charge in [-0.25, -0.2) is 8.42 Å². The lowest BCUT2D eigenvalue weighted by Gasteiger charge is -2.24. The summed E-state index contributed by atoms with van der Waals surface area (Å²) < 4.78 is 24.3. The van der Waals surface area contributed by atoms with Crippen LogP contribution in [0.2, 0.25) is 0 Å². The Hall–Kier alpha value is -0.870. The van der Waals surface area contributed by atoms with Crippen LogP contribution in [0.1, 0.15) is 37.4 Å². The standard InChI is InChI=1S/C14H23NO2S/c1-5-10-18(16,17)12(3)14(15-4)13-8-6-11(2)7-9-13/h6-9,12,14-15H,5,10H2,1-4H3. The Morgan fingerprint density at radius 2 is 1.78 bits per heavy atom. The maximum Gasteiger partial charge on any atom is 0.154 e. The first-order valence-electron chi connectivity index (χ1n) is 6.37. The summed E-state index contributed by atoms with van der Waals surface area (Å²) in [6.07, 6.45) is 0.664. The van der Waals surface area contributed by atoms with Gasteiger partial charge in [-0.15, -0.1) is 0 Å². The number of hydrogen-bond acceptors (Lipinski definition) is 3. The van der Waals surface area contributed by atoms with Gasteiger partial charge in [-0.3, -0.25) is 0 Å². The zero-order chi connectivity index (χ0) is 13.8. The summed E-state index contributed by atoms with van der Waals surface area (Å²) in [5, 5.41) is 2.71. The molecule has 18 heavy (non-hydrogen) atoms. The fourth-order valence-corrected chi connectivity index (χ4v) is 3.77. The van der Waals surface area contributed by atoms with Crippen LogP contribution < -0.4 is 5.32 Å². The molecule has 3 nitrogen and oxygen atoms in total. The van der Waals surface area contributed by atoms with Crippen LogP contribution in [0.15, 0.2) is 24.3 Å². The minimum atomic E-state index is -3.04. The molecule has 0 saturated carbocycles. The van der Waals surface area contributed by atoms with Gasteiger partial charge < -0.3 is 5.32 Å². The van der Waals surface area contributed by atoms with Crippen LogP contribution in [0.25, 0.3) is 0 Å². The number of aryl methyl sites for hydroxylation is 1. The lowest BCUT2D eigenvalue weighted by molar-refractivity contribution is 0.530. The summed E-state index contributed by atoms with van der Waals surface area (Å²) in [4.78, 5) is 0. The Morgan fingerprint density at radius 1 is 1.22 bits per heavy atom. The molecule has 0 amide bonds. The van der Waals surface area contributed by atoms with Gasteiger partial charge in [0, 0.05) is 6.04 Å². The van der Waals surface area contributed by atoms with Gasteiger partial charge in [0.1, 0.15) is 0 Å². The predicted molar refractivity (Wildman–Crippen MR) is 76.5 cm³/mol. The normalized spacial score (nSPS) is 15.3. The highest BCUT2D eigenvalue weighted by Gasteiger charge is 2.28. The molecule has 0 heterocycles. The van der Waals surface area contributed by atoms with E-state index in [0.717, 1.165) is 5.56 Å². The largest absolute Gasteiger partial charge is 0.312 e. The van der Waals surface area contributed by atoms with E-state index in [1.54, 1.807) is 6.92 Å². The fraction of sp³-hybridized carbons (Fsp3) is 0.571. The van der Waals surface area contributed by atoms with Crippen LogP contribution in [0.4, 0.5) is 0 Å². The van der Waals surface area contributed by atoms with E-state index in [1.807, 2.05) is 45.2 Å². The Kier molecular flexibility index (Phi) is 5.35. The Bertz CT molecular complexity index is 465. The maximum atomic E-state index is 12.1. The second kappa shape index (κ2) is 6.34. The van der Waals surface area contributed by atoms with E-state index in [-0.39, 0.29) is 11.8 Å². The molecule has 0 aliphatic rings. The van der Waals surface area contributed by atoms with Gasteiger partial charge >= 0.3 is 0 Å². The van der Waals surface area contributed by atoms with Crippen LogP contribution in [-0.4, -0.2) is 26.5 Å². The van der Waals surface area contributed by atoms with Gasteiger partial charge in [-0.1, -0.05) is 36.8 Å². The first kappa shape index (κ1) is 15.2. The fourth-order valence-electron chi connectivity index (χ4n) is 2.12. The summed E-state index contributed by atoms with van der Waals surface area (Å²) in [5.74, 6) is 0.248. The first-order valence-corrected chi connectivity index (χ1v) is 8.09. The van der Waals surface area contributed by atoms with Crippen molar-refractivity contribution in [1.29, 1.82) is 0 Å². The molecule has 0 bridgehead atoms. The highest BCUT2D eigenvalue weighted by Crippen LogP contribution is 2.23. The van der Waals surface area contributed by atoms with Crippen LogP contribution in [-0.2, 0) is 9.84 Å². The Balaban J connectivity index is 3.00. The third-order valence-corrected chi connectivity index (χ3v) is 5.65. The molecular weight excluding hydrogens is 246 g/mol. The highest BCUT2D eigenvalue weighted by molar-refractivity contribution is 7.92. The topological polar surface area (TPSA) is 46.2 Å². The molecule has 1 aromatic carbocycles. The molecule has 2 atom stereocenters. The van der Waals surface area contributed by atoms with Gasteiger partial charge in [0.05, 0.1) is 11.0 Å². The second-order valence-electron chi connectivity index (χ2n) is 4.75.